The maximum absolute atomic E-state index is 15.1. The van der Waals surface area contributed by atoms with Crippen LogP contribution in [0.15, 0.2) is 72.8 Å². The molecule has 4 aromatic carbocycles. The van der Waals surface area contributed by atoms with Gasteiger partial charge in [0.2, 0.25) is 0 Å². The highest BCUT2D eigenvalue weighted by molar-refractivity contribution is 6.11. The second-order valence-corrected chi connectivity index (χ2v) is 12.1. The summed E-state index contributed by atoms with van der Waals surface area (Å²) in [6, 6.07) is 19.9. The summed E-state index contributed by atoms with van der Waals surface area (Å²) < 4.78 is 34.8. The number of ether oxygens (including phenoxy) is 1. The van der Waals surface area contributed by atoms with Crippen LogP contribution in [0.5, 0.6) is 5.75 Å². The first kappa shape index (κ1) is 30.6. The number of piperazine rings is 1. The van der Waals surface area contributed by atoms with Gasteiger partial charge in [-0.05, 0) is 90.6 Å². The highest BCUT2D eigenvalue weighted by Gasteiger charge is 2.22. The van der Waals surface area contributed by atoms with Crippen LogP contribution in [0.25, 0.3) is 22.0 Å². The molecule has 242 valence electrons. The number of hydrogen-bond acceptors (Lipinski definition) is 7. The van der Waals surface area contributed by atoms with Crippen molar-refractivity contribution in [2.75, 3.05) is 54.9 Å². The largest absolute Gasteiger partial charge is 0.508 e. The van der Waals surface area contributed by atoms with Gasteiger partial charge in [-0.25, -0.2) is 8.78 Å². The zero-order valence-electron chi connectivity index (χ0n) is 25.8. The standard InChI is InChI=1S/C36H36F2N6O3/c37-24-3-1-2-22(17-24)16-23-18-31-34(21-30(23)28-7-5-27(45)20-32(28)38)42-43-35(31)41-36(46)29-6-4-26(44-12-10-39-11-13-44)19-33(29)40-25-8-14-47-15-9-25/h1-7,17-21,25,39-40,45H,8-16H2,(H2,41,42,43,46). The first-order valence-corrected chi connectivity index (χ1v) is 15.9. The monoisotopic (exact) mass is 638 g/mol. The Balaban J connectivity index is 1.24. The molecule has 2 aliphatic heterocycles. The molecule has 0 aliphatic carbocycles. The molecule has 0 atom stereocenters. The number of fused-ring (bicyclic) bond motifs is 1. The van der Waals surface area contributed by atoms with Crippen molar-refractivity contribution in [3.63, 3.8) is 0 Å². The maximum atomic E-state index is 15.1. The van der Waals surface area contributed by atoms with Crippen LogP contribution in [0, 0.1) is 11.6 Å². The first-order valence-electron chi connectivity index (χ1n) is 15.9. The van der Waals surface area contributed by atoms with Crippen molar-refractivity contribution in [2.45, 2.75) is 25.3 Å². The van der Waals surface area contributed by atoms with E-state index in [1.807, 2.05) is 24.3 Å². The van der Waals surface area contributed by atoms with Crippen LogP contribution in [0.2, 0.25) is 0 Å². The molecule has 5 aromatic rings. The lowest BCUT2D eigenvalue weighted by Crippen LogP contribution is -2.43. The number of anilines is 3. The minimum atomic E-state index is -0.591. The third-order valence-corrected chi connectivity index (χ3v) is 8.86. The van der Waals surface area contributed by atoms with Crippen molar-refractivity contribution in [3.8, 4) is 16.9 Å². The lowest BCUT2D eigenvalue weighted by Gasteiger charge is -2.31. The average Bonchev–Trinajstić information content (AvgIpc) is 3.46. The summed E-state index contributed by atoms with van der Waals surface area (Å²) in [7, 11) is 0. The van der Waals surface area contributed by atoms with Crippen LogP contribution >= 0.6 is 0 Å². The number of carbonyl (C=O) groups excluding carboxylic acids is 1. The second kappa shape index (κ2) is 13.4. The molecule has 1 aromatic heterocycles. The maximum Gasteiger partial charge on any atom is 0.258 e. The van der Waals surface area contributed by atoms with Gasteiger partial charge in [0.25, 0.3) is 5.91 Å². The van der Waals surface area contributed by atoms with E-state index in [1.54, 1.807) is 18.2 Å². The van der Waals surface area contributed by atoms with Gasteiger partial charge in [0.1, 0.15) is 17.4 Å². The minimum Gasteiger partial charge on any atom is -0.508 e. The molecular formula is C36H36F2N6O3. The van der Waals surface area contributed by atoms with Crippen LogP contribution < -0.4 is 20.9 Å². The molecule has 5 N–H and O–H groups in total. The number of rotatable bonds is 8. The van der Waals surface area contributed by atoms with E-state index in [-0.39, 0.29) is 29.1 Å². The fourth-order valence-electron chi connectivity index (χ4n) is 6.40. The number of nitrogens with zero attached hydrogens (tertiary/aromatic N) is 2. The Kier molecular flexibility index (Phi) is 8.73. The molecule has 2 aliphatic rings. The SMILES string of the molecule is O=C(Nc1n[nH]c2cc(-c3ccc(O)cc3F)c(Cc3cccc(F)c3)cc12)c1ccc(N2CCNCC2)cc1NC1CCOCC1. The zero-order valence-corrected chi connectivity index (χ0v) is 25.8. The third-order valence-electron chi connectivity index (χ3n) is 8.86. The predicted molar refractivity (Wildman–Crippen MR) is 179 cm³/mol. The molecular weight excluding hydrogens is 602 g/mol. The highest BCUT2D eigenvalue weighted by Crippen LogP contribution is 2.35. The summed E-state index contributed by atoms with van der Waals surface area (Å²) in [5.41, 5.74) is 5.13. The summed E-state index contributed by atoms with van der Waals surface area (Å²) >= 11 is 0. The topological polar surface area (TPSA) is 115 Å². The van der Waals surface area contributed by atoms with Crippen LogP contribution in [-0.4, -0.2) is 66.6 Å². The van der Waals surface area contributed by atoms with Crippen molar-refractivity contribution in [1.29, 1.82) is 0 Å². The quantitative estimate of drug-likeness (QED) is 0.141. The Bertz CT molecular complexity index is 1920. The molecule has 2 saturated heterocycles. The van der Waals surface area contributed by atoms with E-state index in [2.05, 4.69) is 31.0 Å². The van der Waals surface area contributed by atoms with Crippen LogP contribution in [-0.2, 0) is 11.2 Å². The molecule has 1 amide bonds. The van der Waals surface area contributed by atoms with Gasteiger partial charge in [-0.2, -0.15) is 5.10 Å². The lowest BCUT2D eigenvalue weighted by molar-refractivity contribution is 0.0904. The van der Waals surface area contributed by atoms with E-state index in [0.717, 1.165) is 56.5 Å². The Morgan fingerprint density at radius 2 is 1.81 bits per heavy atom. The molecule has 7 rings (SSSR count). The molecule has 47 heavy (non-hydrogen) atoms. The fourth-order valence-corrected chi connectivity index (χ4v) is 6.40. The van der Waals surface area contributed by atoms with Crippen molar-refractivity contribution < 1.29 is 23.4 Å². The molecule has 0 spiro atoms. The average molecular weight is 639 g/mol. The smallest absolute Gasteiger partial charge is 0.258 e. The Morgan fingerprint density at radius 3 is 2.60 bits per heavy atom. The molecule has 0 unspecified atom stereocenters. The molecule has 0 radical (unpaired) electrons. The number of nitrogens with one attached hydrogen (secondary N) is 4. The van der Waals surface area contributed by atoms with Crippen molar-refractivity contribution in [2.24, 2.45) is 0 Å². The van der Waals surface area contributed by atoms with E-state index < -0.39 is 5.82 Å². The lowest BCUT2D eigenvalue weighted by atomic mass is 9.93. The number of amides is 1. The highest BCUT2D eigenvalue weighted by atomic mass is 19.1. The Morgan fingerprint density at radius 1 is 0.979 bits per heavy atom. The van der Waals surface area contributed by atoms with Gasteiger partial charge >= 0.3 is 0 Å². The van der Waals surface area contributed by atoms with Crippen LogP contribution in [0.3, 0.4) is 0 Å². The van der Waals surface area contributed by atoms with E-state index in [9.17, 15) is 14.3 Å². The minimum absolute atomic E-state index is 0.183. The zero-order chi connectivity index (χ0) is 32.3. The normalized spacial score (nSPS) is 15.6. The number of aromatic amines is 1. The van der Waals surface area contributed by atoms with Gasteiger partial charge in [-0.1, -0.05) is 12.1 Å². The number of aromatic hydroxyl groups is 1. The van der Waals surface area contributed by atoms with Crippen molar-refractivity contribution in [3.05, 3.63) is 101 Å². The van der Waals surface area contributed by atoms with Gasteiger partial charge in [0, 0.05) is 73.8 Å². The number of benzene rings is 4. The van der Waals surface area contributed by atoms with Gasteiger partial charge < -0.3 is 30.7 Å². The number of hydrogen-bond donors (Lipinski definition) is 5. The van der Waals surface area contributed by atoms with Crippen molar-refractivity contribution >= 4 is 34.0 Å². The number of carbonyl (C=O) groups is 1. The van der Waals surface area contributed by atoms with Gasteiger partial charge in [0.15, 0.2) is 5.82 Å². The van der Waals surface area contributed by atoms with Gasteiger partial charge in [-0.3, -0.25) is 9.89 Å². The molecule has 2 fully saturated rings. The summed E-state index contributed by atoms with van der Waals surface area (Å²) in [6.45, 7) is 4.91. The van der Waals surface area contributed by atoms with Crippen molar-refractivity contribution in [1.82, 2.24) is 15.5 Å². The number of aromatic nitrogens is 2. The second-order valence-electron chi connectivity index (χ2n) is 12.1. The molecule has 0 saturated carbocycles. The molecule has 3 heterocycles. The predicted octanol–water partition coefficient (Wildman–Crippen LogP) is 6.06. The Labute approximate surface area is 270 Å². The van der Waals surface area contributed by atoms with E-state index in [0.29, 0.717) is 58.6 Å². The molecule has 11 heteroatoms. The third kappa shape index (κ3) is 6.77. The number of phenolic OH excluding ortho intramolecular Hbond substituents is 1. The number of halogens is 2. The molecule has 0 bridgehead atoms. The summed E-state index contributed by atoms with van der Waals surface area (Å²) in [5.74, 6) is -1.14. The van der Waals surface area contributed by atoms with Crippen LogP contribution in [0.4, 0.5) is 26.0 Å². The summed E-state index contributed by atoms with van der Waals surface area (Å²) in [6.07, 6.45) is 2.00. The molecule has 9 nitrogen and oxygen atoms in total. The fraction of sp³-hybridized carbons (Fsp3) is 0.278. The summed E-state index contributed by atoms with van der Waals surface area (Å²) in [5, 5.41) is 27.8. The van der Waals surface area contributed by atoms with Gasteiger partial charge in [0.05, 0.1) is 11.1 Å². The van der Waals surface area contributed by atoms with E-state index in [4.69, 9.17) is 4.74 Å². The van der Waals surface area contributed by atoms with Gasteiger partial charge in [-0.15, -0.1) is 0 Å². The first-order chi connectivity index (χ1) is 22.9. The van der Waals surface area contributed by atoms with E-state index >= 15 is 4.39 Å². The van der Waals surface area contributed by atoms with E-state index in [1.165, 1.54) is 24.3 Å². The number of phenols is 1. The summed E-state index contributed by atoms with van der Waals surface area (Å²) in [4.78, 5) is 16.2. The van der Waals surface area contributed by atoms with Crippen LogP contribution in [0.1, 0.15) is 34.3 Å². The Hall–Kier alpha value is -5.00. The number of H-pyrrole nitrogens is 1.